The fourth-order valence-electron chi connectivity index (χ4n) is 2.37. The SMILES string of the molecule is Cl.N[C@@H](c1cccc(Br)c1O)C1CCCC1. The molecule has 2 nitrogen and oxygen atoms in total. The number of halogens is 2. The van der Waals surface area contributed by atoms with E-state index in [1.54, 1.807) is 0 Å². The van der Waals surface area contributed by atoms with Crippen molar-refractivity contribution in [1.82, 2.24) is 0 Å². The largest absolute Gasteiger partial charge is 0.506 e. The van der Waals surface area contributed by atoms with Crippen molar-refractivity contribution >= 4 is 28.3 Å². The topological polar surface area (TPSA) is 46.2 Å². The molecule has 1 saturated carbocycles. The summed E-state index contributed by atoms with van der Waals surface area (Å²) in [6, 6.07) is 5.65. The molecule has 90 valence electrons. The number of hydrogen-bond donors (Lipinski definition) is 2. The van der Waals surface area contributed by atoms with E-state index in [-0.39, 0.29) is 18.4 Å². The van der Waals surface area contributed by atoms with Crippen LogP contribution in [0.5, 0.6) is 5.75 Å². The first-order valence-corrected chi connectivity index (χ1v) is 6.22. The number of hydrogen-bond acceptors (Lipinski definition) is 2. The van der Waals surface area contributed by atoms with Gasteiger partial charge in [-0.05, 0) is 40.8 Å². The highest BCUT2D eigenvalue weighted by Gasteiger charge is 2.25. The summed E-state index contributed by atoms with van der Waals surface area (Å²) >= 11 is 3.32. The molecule has 3 N–H and O–H groups in total. The lowest BCUT2D eigenvalue weighted by Gasteiger charge is -2.20. The molecule has 0 spiro atoms. The van der Waals surface area contributed by atoms with Gasteiger partial charge in [-0.3, -0.25) is 0 Å². The second kappa shape index (κ2) is 5.89. The predicted molar refractivity (Wildman–Crippen MR) is 71.9 cm³/mol. The lowest BCUT2D eigenvalue weighted by atomic mass is 9.92. The molecule has 0 heterocycles. The van der Waals surface area contributed by atoms with E-state index in [1.165, 1.54) is 25.7 Å². The molecule has 0 saturated heterocycles. The summed E-state index contributed by atoms with van der Waals surface area (Å²) in [5.41, 5.74) is 7.06. The molecule has 0 aromatic heterocycles. The average molecular weight is 307 g/mol. The minimum atomic E-state index is -0.0231. The van der Waals surface area contributed by atoms with E-state index in [2.05, 4.69) is 15.9 Å². The van der Waals surface area contributed by atoms with Gasteiger partial charge in [-0.25, -0.2) is 0 Å². The van der Waals surface area contributed by atoms with Crippen LogP contribution in [0, 0.1) is 5.92 Å². The van der Waals surface area contributed by atoms with Crippen LogP contribution in [0.4, 0.5) is 0 Å². The summed E-state index contributed by atoms with van der Waals surface area (Å²) in [6.45, 7) is 0. The van der Waals surface area contributed by atoms with Crippen molar-refractivity contribution in [2.24, 2.45) is 11.7 Å². The molecule has 1 aromatic rings. The average Bonchev–Trinajstić information content (AvgIpc) is 2.74. The zero-order valence-corrected chi connectivity index (χ0v) is 11.4. The Labute approximate surface area is 111 Å². The Morgan fingerprint density at radius 1 is 1.31 bits per heavy atom. The van der Waals surface area contributed by atoms with Crippen molar-refractivity contribution in [3.63, 3.8) is 0 Å². The molecule has 0 amide bonds. The van der Waals surface area contributed by atoms with Crippen LogP contribution in [0.25, 0.3) is 0 Å². The molecule has 0 unspecified atom stereocenters. The highest BCUT2D eigenvalue weighted by atomic mass is 79.9. The Bertz CT molecular complexity index is 353. The van der Waals surface area contributed by atoms with E-state index >= 15 is 0 Å². The molecule has 1 atom stereocenters. The molecule has 0 bridgehead atoms. The molecule has 1 aliphatic rings. The summed E-state index contributed by atoms with van der Waals surface area (Å²) in [7, 11) is 0. The molecule has 0 radical (unpaired) electrons. The van der Waals surface area contributed by atoms with Crippen molar-refractivity contribution in [2.45, 2.75) is 31.7 Å². The molecule has 4 heteroatoms. The second-order valence-electron chi connectivity index (χ2n) is 4.25. The fourth-order valence-corrected chi connectivity index (χ4v) is 2.75. The van der Waals surface area contributed by atoms with E-state index in [0.29, 0.717) is 11.7 Å². The molecule has 16 heavy (non-hydrogen) atoms. The van der Waals surface area contributed by atoms with Crippen LogP contribution in [-0.2, 0) is 0 Å². The van der Waals surface area contributed by atoms with E-state index < -0.39 is 0 Å². The number of benzene rings is 1. The first kappa shape index (κ1) is 13.8. The minimum absolute atomic E-state index is 0. The van der Waals surface area contributed by atoms with Crippen LogP contribution in [0.2, 0.25) is 0 Å². The fraction of sp³-hybridized carbons (Fsp3) is 0.500. The summed E-state index contributed by atoms with van der Waals surface area (Å²) in [5.74, 6) is 0.835. The monoisotopic (exact) mass is 305 g/mol. The number of aromatic hydroxyl groups is 1. The Balaban J connectivity index is 0.00000128. The number of phenols is 1. The predicted octanol–water partition coefficient (Wildman–Crippen LogP) is 3.77. The van der Waals surface area contributed by atoms with Crippen molar-refractivity contribution in [2.75, 3.05) is 0 Å². The Hall–Kier alpha value is -0.250. The van der Waals surface area contributed by atoms with Gasteiger partial charge in [0, 0.05) is 11.6 Å². The van der Waals surface area contributed by atoms with E-state index in [4.69, 9.17) is 5.73 Å². The van der Waals surface area contributed by atoms with Gasteiger partial charge in [0.05, 0.1) is 4.47 Å². The number of phenolic OH excluding ortho intramolecular Hbond substituents is 1. The molecular formula is C12H17BrClNO. The molecule has 1 aromatic carbocycles. The smallest absolute Gasteiger partial charge is 0.134 e. The summed E-state index contributed by atoms with van der Waals surface area (Å²) < 4.78 is 0.730. The van der Waals surface area contributed by atoms with Gasteiger partial charge in [-0.15, -0.1) is 12.4 Å². The third-order valence-electron chi connectivity index (χ3n) is 3.28. The second-order valence-corrected chi connectivity index (χ2v) is 5.10. The summed E-state index contributed by atoms with van der Waals surface area (Å²) in [6.07, 6.45) is 4.92. The van der Waals surface area contributed by atoms with Gasteiger partial charge >= 0.3 is 0 Å². The minimum Gasteiger partial charge on any atom is -0.506 e. The number of rotatable bonds is 2. The van der Waals surface area contributed by atoms with Gasteiger partial charge in [0.15, 0.2) is 0 Å². The first-order chi connectivity index (χ1) is 7.20. The molecule has 1 fully saturated rings. The van der Waals surface area contributed by atoms with Crippen LogP contribution < -0.4 is 5.73 Å². The lowest BCUT2D eigenvalue weighted by Crippen LogP contribution is -2.19. The molecule has 1 aliphatic carbocycles. The lowest BCUT2D eigenvalue weighted by molar-refractivity contribution is 0.411. The number of nitrogens with two attached hydrogens (primary N) is 1. The van der Waals surface area contributed by atoms with Crippen LogP contribution in [0.1, 0.15) is 37.3 Å². The molecule has 0 aliphatic heterocycles. The Morgan fingerprint density at radius 3 is 2.56 bits per heavy atom. The van der Waals surface area contributed by atoms with Crippen LogP contribution in [0.15, 0.2) is 22.7 Å². The van der Waals surface area contributed by atoms with E-state index in [0.717, 1.165) is 10.0 Å². The molecular weight excluding hydrogens is 289 g/mol. The maximum absolute atomic E-state index is 9.90. The van der Waals surface area contributed by atoms with E-state index in [9.17, 15) is 5.11 Å². The van der Waals surface area contributed by atoms with Gasteiger partial charge in [-0.1, -0.05) is 25.0 Å². The van der Waals surface area contributed by atoms with Gasteiger partial charge in [0.25, 0.3) is 0 Å². The van der Waals surface area contributed by atoms with Crippen LogP contribution >= 0.6 is 28.3 Å². The zero-order valence-electron chi connectivity index (χ0n) is 9.03. The van der Waals surface area contributed by atoms with Gasteiger partial charge in [0.1, 0.15) is 5.75 Å². The van der Waals surface area contributed by atoms with Crippen LogP contribution in [-0.4, -0.2) is 5.11 Å². The third-order valence-corrected chi connectivity index (χ3v) is 3.92. The Kier molecular flexibility index (Phi) is 5.09. The van der Waals surface area contributed by atoms with Crippen molar-refractivity contribution in [1.29, 1.82) is 0 Å². The zero-order chi connectivity index (χ0) is 10.8. The highest BCUT2D eigenvalue weighted by molar-refractivity contribution is 9.10. The third kappa shape index (κ3) is 2.70. The number of para-hydroxylation sites is 1. The molecule has 2 rings (SSSR count). The normalized spacial score (nSPS) is 18.1. The van der Waals surface area contributed by atoms with E-state index in [1.807, 2.05) is 18.2 Å². The maximum Gasteiger partial charge on any atom is 0.134 e. The van der Waals surface area contributed by atoms with Crippen molar-refractivity contribution in [3.05, 3.63) is 28.2 Å². The van der Waals surface area contributed by atoms with Crippen LogP contribution in [0.3, 0.4) is 0 Å². The standard InChI is InChI=1S/C12H16BrNO.ClH/c13-10-7-3-6-9(12(10)15)11(14)8-4-1-2-5-8;/h3,6-8,11,15H,1-2,4-5,14H2;1H/t11-;/m1./s1. The highest BCUT2D eigenvalue weighted by Crippen LogP contribution is 2.39. The summed E-state index contributed by atoms with van der Waals surface area (Å²) in [5, 5.41) is 9.90. The maximum atomic E-state index is 9.90. The quantitative estimate of drug-likeness (QED) is 0.874. The first-order valence-electron chi connectivity index (χ1n) is 5.43. The Morgan fingerprint density at radius 2 is 1.94 bits per heavy atom. The van der Waals surface area contributed by atoms with Crippen molar-refractivity contribution < 1.29 is 5.11 Å². The summed E-state index contributed by atoms with van der Waals surface area (Å²) in [4.78, 5) is 0. The van der Waals surface area contributed by atoms with Gasteiger partial charge in [0.2, 0.25) is 0 Å². The van der Waals surface area contributed by atoms with Gasteiger partial charge in [-0.2, -0.15) is 0 Å². The van der Waals surface area contributed by atoms with Crippen molar-refractivity contribution in [3.8, 4) is 5.75 Å². The van der Waals surface area contributed by atoms with Gasteiger partial charge < -0.3 is 10.8 Å².